The van der Waals surface area contributed by atoms with Gasteiger partial charge in [0.25, 0.3) is 0 Å². The molecule has 0 aromatic rings. The van der Waals surface area contributed by atoms with E-state index in [4.69, 9.17) is 5.26 Å². The molecule has 126 valence electrons. The summed E-state index contributed by atoms with van der Waals surface area (Å²) in [6, 6.07) is 4.98. The summed E-state index contributed by atoms with van der Waals surface area (Å²) in [6.07, 6.45) is 1.12. The third kappa shape index (κ3) is 4.67. The van der Waals surface area contributed by atoms with Gasteiger partial charge < -0.3 is 9.80 Å². The lowest BCUT2D eigenvalue weighted by Gasteiger charge is -2.39. The summed E-state index contributed by atoms with van der Waals surface area (Å²) in [5.74, 6) is 0.699. The van der Waals surface area contributed by atoms with Gasteiger partial charge in [-0.05, 0) is 12.3 Å². The molecule has 6 heteroatoms. The van der Waals surface area contributed by atoms with Crippen LogP contribution < -0.4 is 0 Å². The third-order valence-electron chi connectivity index (χ3n) is 5.14. The van der Waals surface area contributed by atoms with Crippen molar-refractivity contribution < 1.29 is 4.79 Å². The molecule has 2 saturated heterocycles. The number of piperazine rings is 1. The van der Waals surface area contributed by atoms with E-state index in [0.29, 0.717) is 24.8 Å². The molecule has 0 aliphatic carbocycles. The van der Waals surface area contributed by atoms with Crippen LogP contribution in [0, 0.1) is 34.5 Å². The standard InChI is InChI=1S/C17H27N5O/c1-14-11-20(12-16(10-19)4-3-5-18)13-17(14)22-8-6-21(7-9-22)15(2)23/h14,16-17H,3-4,6-9,11-13H2,1-2H3/t14-,16+,17-/m1/s1. The average Bonchev–Trinajstić information content (AvgIpc) is 2.92. The lowest BCUT2D eigenvalue weighted by atomic mass is 10.0. The van der Waals surface area contributed by atoms with Crippen LogP contribution >= 0.6 is 0 Å². The first-order valence-electron chi connectivity index (χ1n) is 8.53. The number of hydrogen-bond donors (Lipinski definition) is 0. The first kappa shape index (κ1) is 17.7. The molecule has 23 heavy (non-hydrogen) atoms. The van der Waals surface area contributed by atoms with E-state index in [9.17, 15) is 10.1 Å². The number of likely N-dealkylation sites (tertiary alicyclic amines) is 1. The Bertz CT molecular complexity index is 486. The second-order valence-corrected chi connectivity index (χ2v) is 6.83. The van der Waals surface area contributed by atoms with Gasteiger partial charge in [0.05, 0.1) is 18.1 Å². The van der Waals surface area contributed by atoms with Crippen LogP contribution in [0.1, 0.15) is 26.7 Å². The van der Waals surface area contributed by atoms with Gasteiger partial charge in [-0.25, -0.2) is 0 Å². The summed E-state index contributed by atoms with van der Waals surface area (Å²) in [5, 5.41) is 17.9. The van der Waals surface area contributed by atoms with Crippen LogP contribution in [0.5, 0.6) is 0 Å². The molecule has 0 saturated carbocycles. The quantitative estimate of drug-likeness (QED) is 0.753. The Kier molecular flexibility index (Phi) is 6.38. The summed E-state index contributed by atoms with van der Waals surface area (Å²) in [6.45, 7) is 10.2. The minimum Gasteiger partial charge on any atom is -0.340 e. The van der Waals surface area contributed by atoms with Crippen molar-refractivity contribution in [1.29, 1.82) is 10.5 Å². The van der Waals surface area contributed by atoms with Crippen molar-refractivity contribution in [3.8, 4) is 12.1 Å². The Morgan fingerprint density at radius 3 is 2.48 bits per heavy atom. The van der Waals surface area contributed by atoms with Gasteiger partial charge in [-0.15, -0.1) is 0 Å². The van der Waals surface area contributed by atoms with Gasteiger partial charge in [-0.1, -0.05) is 6.92 Å². The van der Waals surface area contributed by atoms with Crippen molar-refractivity contribution in [2.24, 2.45) is 11.8 Å². The minimum absolute atomic E-state index is 0.0461. The lowest BCUT2D eigenvalue weighted by Crippen LogP contribution is -2.53. The molecule has 0 aromatic heterocycles. The SMILES string of the molecule is CC(=O)N1CCN([C@@H]2CN(C[C@H](C#N)CCC#N)C[C@H]2C)CC1. The summed E-state index contributed by atoms with van der Waals surface area (Å²) in [4.78, 5) is 18.2. The normalized spacial score (nSPS) is 27.4. The summed E-state index contributed by atoms with van der Waals surface area (Å²) in [5.41, 5.74) is 0. The molecule has 3 atom stereocenters. The van der Waals surface area contributed by atoms with E-state index in [1.165, 1.54) is 0 Å². The summed E-state index contributed by atoms with van der Waals surface area (Å²) in [7, 11) is 0. The van der Waals surface area contributed by atoms with E-state index in [1.54, 1.807) is 6.92 Å². The van der Waals surface area contributed by atoms with Crippen molar-refractivity contribution >= 4 is 5.91 Å². The number of carbonyl (C=O) groups is 1. The Hall–Kier alpha value is -1.63. The van der Waals surface area contributed by atoms with E-state index in [-0.39, 0.29) is 11.8 Å². The maximum absolute atomic E-state index is 11.4. The number of nitriles is 2. The fourth-order valence-electron chi connectivity index (χ4n) is 3.79. The highest BCUT2D eigenvalue weighted by Crippen LogP contribution is 2.24. The first-order chi connectivity index (χ1) is 11.0. The molecule has 2 rings (SSSR count). The molecule has 2 heterocycles. The van der Waals surface area contributed by atoms with Crippen molar-refractivity contribution in [3.63, 3.8) is 0 Å². The number of amides is 1. The Morgan fingerprint density at radius 2 is 1.91 bits per heavy atom. The molecule has 2 aliphatic rings. The van der Waals surface area contributed by atoms with Crippen LogP contribution in [0.4, 0.5) is 0 Å². The number of carbonyl (C=O) groups excluding carboxylic acids is 1. The molecule has 0 spiro atoms. The molecule has 0 radical (unpaired) electrons. The zero-order valence-electron chi connectivity index (χ0n) is 14.2. The largest absolute Gasteiger partial charge is 0.340 e. The van der Waals surface area contributed by atoms with E-state index in [1.807, 2.05) is 4.90 Å². The van der Waals surface area contributed by atoms with Crippen LogP contribution in [0.2, 0.25) is 0 Å². The minimum atomic E-state index is -0.0461. The van der Waals surface area contributed by atoms with E-state index < -0.39 is 0 Å². The molecule has 0 aromatic carbocycles. The topological polar surface area (TPSA) is 74.4 Å². The molecule has 1 amide bonds. The van der Waals surface area contributed by atoms with Gasteiger partial charge in [-0.2, -0.15) is 10.5 Å². The first-order valence-corrected chi connectivity index (χ1v) is 8.53. The van der Waals surface area contributed by atoms with E-state index in [2.05, 4.69) is 28.9 Å². The van der Waals surface area contributed by atoms with E-state index in [0.717, 1.165) is 45.8 Å². The predicted molar refractivity (Wildman–Crippen MR) is 87.2 cm³/mol. The zero-order chi connectivity index (χ0) is 16.8. The predicted octanol–water partition coefficient (Wildman–Crippen LogP) is 0.914. The van der Waals surface area contributed by atoms with Gasteiger partial charge in [0.1, 0.15) is 0 Å². The van der Waals surface area contributed by atoms with Gasteiger partial charge >= 0.3 is 0 Å². The average molecular weight is 317 g/mol. The molecule has 2 fully saturated rings. The molecular formula is C17H27N5O. The zero-order valence-corrected chi connectivity index (χ0v) is 14.2. The molecule has 0 bridgehead atoms. The van der Waals surface area contributed by atoms with Crippen LogP contribution in [0.3, 0.4) is 0 Å². The fourth-order valence-corrected chi connectivity index (χ4v) is 3.79. The maximum atomic E-state index is 11.4. The summed E-state index contributed by atoms with van der Waals surface area (Å²) < 4.78 is 0. The smallest absolute Gasteiger partial charge is 0.219 e. The van der Waals surface area contributed by atoms with Crippen molar-refractivity contribution in [2.45, 2.75) is 32.7 Å². The fraction of sp³-hybridized carbons (Fsp3) is 0.824. The summed E-state index contributed by atoms with van der Waals surface area (Å²) >= 11 is 0. The van der Waals surface area contributed by atoms with Crippen LogP contribution in [-0.4, -0.2) is 72.5 Å². The second-order valence-electron chi connectivity index (χ2n) is 6.83. The lowest BCUT2D eigenvalue weighted by molar-refractivity contribution is -0.130. The molecule has 6 nitrogen and oxygen atoms in total. The van der Waals surface area contributed by atoms with Crippen LogP contribution in [0.25, 0.3) is 0 Å². The molecule has 0 N–H and O–H groups in total. The van der Waals surface area contributed by atoms with Crippen molar-refractivity contribution in [1.82, 2.24) is 14.7 Å². The second kappa shape index (κ2) is 8.29. The Labute approximate surface area is 139 Å². The van der Waals surface area contributed by atoms with Crippen molar-refractivity contribution in [2.75, 3.05) is 45.8 Å². The van der Waals surface area contributed by atoms with Crippen LogP contribution in [-0.2, 0) is 4.79 Å². The molecule has 0 unspecified atom stereocenters. The molecule has 2 aliphatic heterocycles. The number of rotatable bonds is 5. The number of nitrogens with zero attached hydrogens (tertiary/aromatic N) is 5. The maximum Gasteiger partial charge on any atom is 0.219 e. The van der Waals surface area contributed by atoms with Crippen molar-refractivity contribution in [3.05, 3.63) is 0 Å². The highest BCUT2D eigenvalue weighted by atomic mass is 16.2. The molecular weight excluding hydrogens is 290 g/mol. The Morgan fingerprint density at radius 1 is 1.22 bits per heavy atom. The van der Waals surface area contributed by atoms with E-state index >= 15 is 0 Å². The number of hydrogen-bond acceptors (Lipinski definition) is 5. The van der Waals surface area contributed by atoms with Gasteiger partial charge in [-0.3, -0.25) is 9.69 Å². The third-order valence-corrected chi connectivity index (χ3v) is 5.14. The van der Waals surface area contributed by atoms with Gasteiger partial charge in [0.15, 0.2) is 0 Å². The van der Waals surface area contributed by atoms with Gasteiger partial charge in [0, 0.05) is 65.2 Å². The Balaban J connectivity index is 1.83. The highest BCUT2D eigenvalue weighted by molar-refractivity contribution is 5.73. The van der Waals surface area contributed by atoms with Gasteiger partial charge in [0.2, 0.25) is 5.91 Å². The highest BCUT2D eigenvalue weighted by Gasteiger charge is 2.36. The van der Waals surface area contributed by atoms with Crippen LogP contribution in [0.15, 0.2) is 0 Å². The monoisotopic (exact) mass is 317 g/mol.